The Morgan fingerprint density at radius 1 is 0.962 bits per heavy atom. The number of carbonyl (C=O) groups excluding carboxylic acids is 1. The van der Waals surface area contributed by atoms with Crippen molar-refractivity contribution in [2.24, 2.45) is 0 Å². The largest absolute Gasteiger partial charge is 0.339 e. The molecule has 1 aliphatic rings. The first-order chi connectivity index (χ1) is 12.6. The van der Waals surface area contributed by atoms with Crippen molar-refractivity contribution in [3.63, 3.8) is 0 Å². The molecule has 1 amide bonds. The third kappa shape index (κ3) is 4.36. The first kappa shape index (κ1) is 17.9. The molecule has 0 atom stereocenters. The smallest absolute Gasteiger partial charge is 0.270 e. The highest BCUT2D eigenvalue weighted by atomic mass is 16.6. The lowest BCUT2D eigenvalue weighted by molar-refractivity contribution is -0.384. The van der Waals surface area contributed by atoms with Crippen LogP contribution in [0.25, 0.3) is 11.6 Å². The Morgan fingerprint density at radius 3 is 2.31 bits per heavy atom. The lowest BCUT2D eigenvalue weighted by atomic mass is 10.0. The van der Waals surface area contributed by atoms with Gasteiger partial charge in [-0.15, -0.1) is 0 Å². The zero-order valence-electron chi connectivity index (χ0n) is 14.6. The van der Waals surface area contributed by atoms with Crippen molar-refractivity contribution in [1.82, 2.24) is 4.90 Å². The predicted octanol–water partition coefficient (Wildman–Crippen LogP) is 4.54. The fourth-order valence-electron chi connectivity index (χ4n) is 3.23. The molecule has 0 bridgehead atoms. The zero-order valence-corrected chi connectivity index (χ0v) is 14.6. The van der Waals surface area contributed by atoms with E-state index in [0.717, 1.165) is 44.3 Å². The highest BCUT2D eigenvalue weighted by Crippen LogP contribution is 2.24. The van der Waals surface area contributed by atoms with Gasteiger partial charge in [-0.25, -0.2) is 0 Å². The molecule has 5 nitrogen and oxygen atoms in total. The molecule has 0 spiro atoms. The minimum Gasteiger partial charge on any atom is -0.339 e. The van der Waals surface area contributed by atoms with Crippen LogP contribution < -0.4 is 0 Å². The number of nitrogens with zero attached hydrogens (tertiary/aromatic N) is 2. The SMILES string of the molecule is O=C(/C(=C/c1cccc([N+](=O)[O-])c1)c1ccccc1)N1CCCCCC1. The minimum atomic E-state index is -0.420. The molecule has 1 heterocycles. The Kier molecular flexibility index (Phi) is 5.79. The van der Waals surface area contributed by atoms with Gasteiger partial charge in [0.1, 0.15) is 0 Å². The topological polar surface area (TPSA) is 63.4 Å². The van der Waals surface area contributed by atoms with Crippen molar-refractivity contribution >= 4 is 23.2 Å². The summed E-state index contributed by atoms with van der Waals surface area (Å²) < 4.78 is 0. The van der Waals surface area contributed by atoms with Crippen LogP contribution in [0, 0.1) is 10.1 Å². The molecule has 0 unspecified atom stereocenters. The van der Waals surface area contributed by atoms with E-state index < -0.39 is 4.92 Å². The van der Waals surface area contributed by atoms with Crippen molar-refractivity contribution in [3.05, 3.63) is 75.8 Å². The van der Waals surface area contributed by atoms with Gasteiger partial charge in [0.15, 0.2) is 0 Å². The molecule has 2 aromatic carbocycles. The Morgan fingerprint density at radius 2 is 1.65 bits per heavy atom. The van der Waals surface area contributed by atoms with Gasteiger partial charge in [0.05, 0.1) is 4.92 Å². The highest BCUT2D eigenvalue weighted by molar-refractivity contribution is 6.24. The van der Waals surface area contributed by atoms with Crippen molar-refractivity contribution in [1.29, 1.82) is 0 Å². The number of hydrogen-bond acceptors (Lipinski definition) is 3. The van der Waals surface area contributed by atoms with Gasteiger partial charge in [-0.3, -0.25) is 14.9 Å². The number of carbonyl (C=O) groups is 1. The molecular weight excluding hydrogens is 328 g/mol. The number of nitro groups is 1. The van der Waals surface area contributed by atoms with Gasteiger partial charge in [-0.1, -0.05) is 55.3 Å². The summed E-state index contributed by atoms with van der Waals surface area (Å²) in [5.41, 5.74) is 2.08. The molecule has 2 aromatic rings. The third-order valence-corrected chi connectivity index (χ3v) is 4.60. The van der Waals surface area contributed by atoms with Gasteiger partial charge in [0.25, 0.3) is 11.6 Å². The van der Waals surface area contributed by atoms with E-state index in [1.807, 2.05) is 35.2 Å². The van der Waals surface area contributed by atoms with E-state index in [9.17, 15) is 14.9 Å². The predicted molar refractivity (Wildman–Crippen MR) is 102 cm³/mol. The quantitative estimate of drug-likeness (QED) is 0.352. The van der Waals surface area contributed by atoms with E-state index >= 15 is 0 Å². The fourth-order valence-corrected chi connectivity index (χ4v) is 3.23. The van der Waals surface area contributed by atoms with Crippen LogP contribution >= 0.6 is 0 Å². The molecule has 0 aromatic heterocycles. The van der Waals surface area contributed by atoms with E-state index in [2.05, 4.69) is 0 Å². The maximum Gasteiger partial charge on any atom is 0.270 e. The van der Waals surface area contributed by atoms with Crippen LogP contribution in [0.3, 0.4) is 0 Å². The lowest BCUT2D eigenvalue weighted by Crippen LogP contribution is -2.32. The number of benzene rings is 2. The molecule has 0 aliphatic carbocycles. The molecule has 0 saturated carbocycles. The number of hydrogen-bond donors (Lipinski definition) is 0. The Hall–Kier alpha value is -2.95. The molecule has 1 saturated heterocycles. The van der Waals surface area contributed by atoms with Gasteiger partial charge < -0.3 is 4.90 Å². The summed E-state index contributed by atoms with van der Waals surface area (Å²) in [5.74, 6) is -0.00962. The third-order valence-electron chi connectivity index (χ3n) is 4.60. The molecule has 5 heteroatoms. The molecule has 26 heavy (non-hydrogen) atoms. The second-order valence-corrected chi connectivity index (χ2v) is 6.48. The van der Waals surface area contributed by atoms with Gasteiger partial charge in [-0.05, 0) is 30.0 Å². The van der Waals surface area contributed by atoms with Crippen molar-refractivity contribution in [2.45, 2.75) is 25.7 Å². The summed E-state index contributed by atoms with van der Waals surface area (Å²) in [6, 6.07) is 15.9. The number of nitro benzene ring substituents is 1. The number of amides is 1. The summed E-state index contributed by atoms with van der Waals surface area (Å²) in [7, 11) is 0. The summed E-state index contributed by atoms with van der Waals surface area (Å²) in [4.78, 5) is 25.7. The second-order valence-electron chi connectivity index (χ2n) is 6.48. The summed E-state index contributed by atoms with van der Waals surface area (Å²) in [5, 5.41) is 11.0. The lowest BCUT2D eigenvalue weighted by Gasteiger charge is -2.22. The standard InChI is InChI=1S/C21H22N2O3/c24-21(22-13-6-1-2-7-14-22)20(18-10-4-3-5-11-18)16-17-9-8-12-19(15-17)23(25)26/h3-5,8-12,15-16H,1-2,6-7,13-14H2/b20-16+. The van der Waals surface area contributed by atoms with Crippen LogP contribution in [0.1, 0.15) is 36.8 Å². The maximum absolute atomic E-state index is 13.2. The van der Waals surface area contributed by atoms with E-state index in [1.165, 1.54) is 12.1 Å². The molecule has 3 rings (SSSR count). The normalized spacial score (nSPS) is 15.4. The highest BCUT2D eigenvalue weighted by Gasteiger charge is 2.21. The first-order valence-electron chi connectivity index (χ1n) is 8.96. The van der Waals surface area contributed by atoms with Crippen molar-refractivity contribution in [2.75, 3.05) is 13.1 Å². The van der Waals surface area contributed by atoms with Gasteiger partial charge in [-0.2, -0.15) is 0 Å². The van der Waals surface area contributed by atoms with Crippen LogP contribution in [-0.4, -0.2) is 28.8 Å². The van der Waals surface area contributed by atoms with Crippen molar-refractivity contribution < 1.29 is 9.72 Å². The average molecular weight is 350 g/mol. The molecule has 0 N–H and O–H groups in total. The van der Waals surface area contributed by atoms with Crippen LogP contribution in [0.4, 0.5) is 5.69 Å². The summed E-state index contributed by atoms with van der Waals surface area (Å²) >= 11 is 0. The number of likely N-dealkylation sites (tertiary alicyclic amines) is 1. The van der Waals surface area contributed by atoms with E-state index in [-0.39, 0.29) is 11.6 Å². The fraction of sp³-hybridized carbons (Fsp3) is 0.286. The summed E-state index contributed by atoms with van der Waals surface area (Å²) in [6.45, 7) is 1.52. The molecular formula is C21H22N2O3. The van der Waals surface area contributed by atoms with E-state index in [0.29, 0.717) is 11.1 Å². The molecule has 1 aliphatic heterocycles. The van der Waals surface area contributed by atoms with Crippen molar-refractivity contribution in [3.8, 4) is 0 Å². The van der Waals surface area contributed by atoms with Crippen LogP contribution in [0.15, 0.2) is 54.6 Å². The average Bonchev–Trinajstić information content (AvgIpc) is 2.96. The Labute approximate surface area is 153 Å². The molecule has 1 fully saturated rings. The van der Waals surface area contributed by atoms with Gasteiger partial charge >= 0.3 is 0 Å². The molecule has 0 radical (unpaired) electrons. The number of rotatable bonds is 4. The maximum atomic E-state index is 13.2. The number of non-ortho nitro benzene ring substituents is 1. The van der Waals surface area contributed by atoms with Crippen LogP contribution in [0.5, 0.6) is 0 Å². The summed E-state index contributed by atoms with van der Waals surface area (Å²) in [6.07, 6.45) is 6.10. The Bertz CT molecular complexity index is 807. The van der Waals surface area contributed by atoms with Gasteiger partial charge in [0, 0.05) is 30.8 Å². The molecule has 134 valence electrons. The Balaban J connectivity index is 1.99. The van der Waals surface area contributed by atoms with Crippen LogP contribution in [-0.2, 0) is 4.79 Å². The minimum absolute atomic E-state index is 0.00962. The van der Waals surface area contributed by atoms with E-state index in [4.69, 9.17) is 0 Å². The van der Waals surface area contributed by atoms with Gasteiger partial charge in [0.2, 0.25) is 0 Å². The second kappa shape index (κ2) is 8.43. The van der Waals surface area contributed by atoms with Crippen LogP contribution in [0.2, 0.25) is 0 Å². The van der Waals surface area contributed by atoms with E-state index in [1.54, 1.807) is 18.2 Å². The monoisotopic (exact) mass is 350 g/mol. The first-order valence-corrected chi connectivity index (χ1v) is 8.96. The zero-order chi connectivity index (χ0) is 18.4.